The molecule has 5 rings (SSSR count). The topological polar surface area (TPSA) is 49.3 Å². The Morgan fingerprint density at radius 1 is 1.11 bits per heavy atom. The third-order valence-corrected chi connectivity index (χ3v) is 6.52. The van der Waals surface area contributed by atoms with Gasteiger partial charge in [-0.05, 0) is 49.8 Å². The van der Waals surface area contributed by atoms with E-state index in [1.54, 1.807) is 0 Å². The fourth-order valence-corrected chi connectivity index (χ4v) is 5.06. The number of nitrogens with zero attached hydrogens (tertiary/aromatic N) is 4. The van der Waals surface area contributed by atoms with E-state index in [2.05, 4.69) is 50.1 Å². The minimum atomic E-state index is -0.245. The van der Waals surface area contributed by atoms with E-state index in [9.17, 15) is 4.79 Å². The van der Waals surface area contributed by atoms with E-state index in [1.165, 1.54) is 16.7 Å². The number of carbonyl (C=O) groups is 1. The summed E-state index contributed by atoms with van der Waals surface area (Å²) in [5.41, 5.74) is 4.73. The maximum Gasteiger partial charge on any atom is 0.231 e. The first-order valence-electron chi connectivity index (χ1n) is 10.2. The standard InChI is InChI=1S/C23H26N4O/c1-16-13-21(25-17(2)24-16)27-12-10-23(15-27)9-11-26(22(23)28)14-19-8-7-18-5-3-4-6-20(18)19/h3-6,8,13H,7,9-12,14-15H2,1-2H3. The molecule has 0 saturated carbocycles. The van der Waals surface area contributed by atoms with Gasteiger partial charge in [-0.15, -0.1) is 0 Å². The number of anilines is 1. The molecule has 0 N–H and O–H groups in total. The van der Waals surface area contributed by atoms with Crippen molar-refractivity contribution in [1.29, 1.82) is 0 Å². The van der Waals surface area contributed by atoms with Crippen molar-refractivity contribution in [2.24, 2.45) is 5.41 Å². The molecule has 1 aromatic heterocycles. The van der Waals surface area contributed by atoms with Crippen molar-refractivity contribution in [3.8, 4) is 0 Å². The Labute approximate surface area is 166 Å². The van der Waals surface area contributed by atoms with Gasteiger partial charge in [0.25, 0.3) is 0 Å². The molecule has 3 heterocycles. The molecule has 2 fully saturated rings. The van der Waals surface area contributed by atoms with Gasteiger partial charge < -0.3 is 9.80 Å². The van der Waals surface area contributed by atoms with Gasteiger partial charge in [0.2, 0.25) is 5.91 Å². The zero-order valence-electron chi connectivity index (χ0n) is 16.6. The number of aryl methyl sites for hydroxylation is 2. The van der Waals surface area contributed by atoms with Gasteiger partial charge in [-0.1, -0.05) is 30.3 Å². The third kappa shape index (κ3) is 2.81. The molecule has 2 aromatic rings. The molecule has 1 aliphatic carbocycles. The van der Waals surface area contributed by atoms with Gasteiger partial charge in [0.15, 0.2) is 0 Å². The Bertz CT molecular complexity index is 962. The maximum atomic E-state index is 13.4. The normalized spacial score (nSPS) is 23.6. The molecule has 144 valence electrons. The minimum Gasteiger partial charge on any atom is -0.355 e. The molecule has 0 bridgehead atoms. The van der Waals surface area contributed by atoms with E-state index in [1.807, 2.05) is 19.9 Å². The zero-order valence-corrected chi connectivity index (χ0v) is 16.6. The van der Waals surface area contributed by atoms with Crippen LogP contribution < -0.4 is 4.90 Å². The van der Waals surface area contributed by atoms with Crippen LogP contribution in [0.25, 0.3) is 5.57 Å². The van der Waals surface area contributed by atoms with Crippen LogP contribution in [0.15, 0.2) is 36.4 Å². The molecular formula is C23H26N4O. The van der Waals surface area contributed by atoms with E-state index in [0.29, 0.717) is 5.91 Å². The lowest BCUT2D eigenvalue weighted by Gasteiger charge is -2.24. The first-order valence-corrected chi connectivity index (χ1v) is 10.2. The summed E-state index contributed by atoms with van der Waals surface area (Å²) >= 11 is 0. The Morgan fingerprint density at radius 2 is 1.93 bits per heavy atom. The number of aromatic nitrogens is 2. The van der Waals surface area contributed by atoms with Crippen LogP contribution in [0.3, 0.4) is 0 Å². The number of amides is 1. The van der Waals surface area contributed by atoms with Crippen LogP contribution in [0.4, 0.5) is 5.82 Å². The summed E-state index contributed by atoms with van der Waals surface area (Å²) in [6.07, 6.45) is 5.13. The van der Waals surface area contributed by atoms with E-state index in [4.69, 9.17) is 0 Å². The smallest absolute Gasteiger partial charge is 0.231 e. The molecular weight excluding hydrogens is 348 g/mol. The van der Waals surface area contributed by atoms with Gasteiger partial charge in [-0.3, -0.25) is 4.79 Å². The Kier molecular flexibility index (Phi) is 4.00. The van der Waals surface area contributed by atoms with Gasteiger partial charge in [0, 0.05) is 37.9 Å². The number of carbonyl (C=O) groups excluding carboxylic acids is 1. The van der Waals surface area contributed by atoms with Crippen molar-refractivity contribution < 1.29 is 4.79 Å². The summed E-state index contributed by atoms with van der Waals surface area (Å²) in [4.78, 5) is 26.7. The van der Waals surface area contributed by atoms with Crippen molar-refractivity contribution in [1.82, 2.24) is 14.9 Å². The Morgan fingerprint density at radius 3 is 2.79 bits per heavy atom. The van der Waals surface area contributed by atoms with Crippen molar-refractivity contribution in [3.05, 3.63) is 59.1 Å². The molecule has 28 heavy (non-hydrogen) atoms. The summed E-state index contributed by atoms with van der Waals surface area (Å²) in [5, 5.41) is 0. The van der Waals surface area contributed by atoms with Crippen molar-refractivity contribution in [2.75, 3.05) is 31.1 Å². The fourth-order valence-electron chi connectivity index (χ4n) is 5.06. The Hall–Kier alpha value is -2.69. The molecule has 0 radical (unpaired) electrons. The highest BCUT2D eigenvalue weighted by Crippen LogP contribution is 2.42. The molecule has 5 nitrogen and oxygen atoms in total. The van der Waals surface area contributed by atoms with Crippen molar-refractivity contribution >= 4 is 17.3 Å². The van der Waals surface area contributed by atoms with Gasteiger partial charge in [0.05, 0.1) is 5.41 Å². The van der Waals surface area contributed by atoms with E-state index < -0.39 is 0 Å². The van der Waals surface area contributed by atoms with E-state index in [0.717, 1.165) is 62.8 Å². The fraction of sp³-hybridized carbons (Fsp3) is 0.435. The molecule has 1 amide bonds. The molecule has 1 spiro atoms. The van der Waals surface area contributed by atoms with Gasteiger partial charge in [0.1, 0.15) is 11.6 Å². The average Bonchev–Trinajstić information content (AvgIpc) is 3.36. The molecule has 2 aliphatic heterocycles. The molecule has 3 aliphatic rings. The van der Waals surface area contributed by atoms with Gasteiger partial charge in [-0.2, -0.15) is 0 Å². The summed E-state index contributed by atoms with van der Waals surface area (Å²) < 4.78 is 0. The van der Waals surface area contributed by atoms with E-state index >= 15 is 0 Å². The molecule has 1 atom stereocenters. The predicted molar refractivity (Wildman–Crippen MR) is 110 cm³/mol. The third-order valence-electron chi connectivity index (χ3n) is 6.52. The number of likely N-dealkylation sites (tertiary alicyclic amines) is 1. The second-order valence-corrected chi connectivity index (χ2v) is 8.43. The lowest BCUT2D eigenvalue weighted by molar-refractivity contribution is -0.134. The summed E-state index contributed by atoms with van der Waals surface area (Å²) in [7, 11) is 0. The number of hydrogen-bond acceptors (Lipinski definition) is 4. The largest absolute Gasteiger partial charge is 0.355 e. The maximum absolute atomic E-state index is 13.4. The number of allylic oxidation sites excluding steroid dienone is 1. The number of rotatable bonds is 3. The molecule has 1 aromatic carbocycles. The minimum absolute atomic E-state index is 0.245. The number of fused-ring (bicyclic) bond motifs is 1. The quantitative estimate of drug-likeness (QED) is 0.828. The second kappa shape index (κ2) is 6.43. The number of benzene rings is 1. The predicted octanol–water partition coefficient (Wildman–Crippen LogP) is 3.16. The highest BCUT2D eigenvalue weighted by molar-refractivity contribution is 5.88. The molecule has 1 unspecified atom stereocenters. The van der Waals surface area contributed by atoms with Gasteiger partial charge >= 0.3 is 0 Å². The summed E-state index contributed by atoms with van der Waals surface area (Å²) in [5.74, 6) is 2.07. The zero-order chi connectivity index (χ0) is 19.3. The van der Waals surface area contributed by atoms with Crippen LogP contribution in [-0.2, 0) is 11.2 Å². The van der Waals surface area contributed by atoms with Crippen LogP contribution in [-0.4, -0.2) is 47.0 Å². The molecule has 5 heteroatoms. The highest BCUT2D eigenvalue weighted by Gasteiger charge is 2.51. The van der Waals surface area contributed by atoms with Crippen molar-refractivity contribution in [2.45, 2.75) is 33.1 Å². The first kappa shape index (κ1) is 17.4. The lowest BCUT2D eigenvalue weighted by atomic mass is 9.85. The molecule has 2 saturated heterocycles. The monoisotopic (exact) mass is 374 g/mol. The van der Waals surface area contributed by atoms with Crippen LogP contribution in [0.5, 0.6) is 0 Å². The van der Waals surface area contributed by atoms with Crippen LogP contribution in [0, 0.1) is 19.3 Å². The second-order valence-electron chi connectivity index (χ2n) is 8.43. The lowest BCUT2D eigenvalue weighted by Crippen LogP contribution is -2.37. The number of hydrogen-bond donors (Lipinski definition) is 0. The summed E-state index contributed by atoms with van der Waals surface area (Å²) in [6.45, 7) is 7.18. The Balaban J connectivity index is 1.31. The first-order chi connectivity index (χ1) is 13.5. The van der Waals surface area contributed by atoms with Gasteiger partial charge in [-0.25, -0.2) is 9.97 Å². The van der Waals surface area contributed by atoms with Crippen LogP contribution in [0.2, 0.25) is 0 Å². The van der Waals surface area contributed by atoms with Crippen LogP contribution >= 0.6 is 0 Å². The average molecular weight is 374 g/mol. The van der Waals surface area contributed by atoms with E-state index in [-0.39, 0.29) is 5.41 Å². The van der Waals surface area contributed by atoms with Crippen LogP contribution in [0.1, 0.15) is 35.5 Å². The summed E-state index contributed by atoms with van der Waals surface area (Å²) in [6, 6.07) is 10.6. The highest BCUT2D eigenvalue weighted by atomic mass is 16.2. The van der Waals surface area contributed by atoms with Crippen molar-refractivity contribution in [3.63, 3.8) is 0 Å². The SMILES string of the molecule is Cc1cc(N2CCC3(CCN(CC4=CCc5ccccc54)C3=O)C2)nc(C)n1.